The van der Waals surface area contributed by atoms with E-state index in [1.165, 1.54) is 43.4 Å². The van der Waals surface area contributed by atoms with Gasteiger partial charge in [-0.15, -0.1) is 0 Å². The first-order valence-corrected chi connectivity index (χ1v) is 13.7. The Kier molecular flexibility index (Phi) is 20.0. The van der Waals surface area contributed by atoms with Crippen LogP contribution in [0.15, 0.2) is 53.0 Å². The van der Waals surface area contributed by atoms with Crippen molar-refractivity contribution in [2.75, 3.05) is 18.5 Å². The first-order chi connectivity index (χ1) is 13.2. The molecule has 0 heterocycles. The minimum absolute atomic E-state index is 0. The molecule has 0 saturated carbocycles. The average molecular weight is 454 g/mol. The van der Waals surface area contributed by atoms with Crippen LogP contribution in [-0.2, 0) is 21.7 Å². The van der Waals surface area contributed by atoms with Crippen LogP contribution in [0, 0.1) is 17.8 Å². The minimum atomic E-state index is -1.19. The molecule has 0 bridgehead atoms. The van der Waals surface area contributed by atoms with E-state index >= 15 is 0 Å². The van der Waals surface area contributed by atoms with Crippen molar-refractivity contribution < 1.29 is 21.7 Å². The third kappa shape index (κ3) is 17.3. The molecular formula is C26H48NPTi. The zero-order valence-corrected chi connectivity index (χ0v) is 23.1. The van der Waals surface area contributed by atoms with Gasteiger partial charge in [0.15, 0.2) is 0 Å². The number of rotatable bonds is 11. The van der Waals surface area contributed by atoms with Crippen molar-refractivity contribution in [3.05, 3.63) is 48.2 Å². The molecule has 1 aliphatic rings. The van der Waals surface area contributed by atoms with Crippen molar-refractivity contribution in [1.82, 2.24) is 0 Å². The maximum atomic E-state index is 5.43. The fourth-order valence-electron chi connectivity index (χ4n) is 2.99. The van der Waals surface area contributed by atoms with Crippen molar-refractivity contribution in [3.63, 3.8) is 0 Å². The minimum Gasteiger partial charge on any atom is -0.272 e. The van der Waals surface area contributed by atoms with Gasteiger partial charge < -0.3 is 0 Å². The van der Waals surface area contributed by atoms with Gasteiger partial charge in [-0.3, -0.25) is 4.74 Å². The molecule has 0 fully saturated rings. The van der Waals surface area contributed by atoms with E-state index < -0.39 is 7.05 Å². The van der Waals surface area contributed by atoms with Crippen molar-refractivity contribution >= 4 is 7.05 Å². The van der Waals surface area contributed by atoms with Crippen molar-refractivity contribution in [1.29, 1.82) is 0 Å². The molecule has 3 heteroatoms. The maximum absolute atomic E-state index is 5.43. The third-order valence-corrected chi connectivity index (χ3v) is 8.91. The van der Waals surface area contributed by atoms with Gasteiger partial charge in [-0.1, -0.05) is 78.0 Å². The topological polar surface area (TPSA) is 12.4 Å². The van der Waals surface area contributed by atoms with Crippen LogP contribution in [0.25, 0.3) is 0 Å². The molecule has 1 nitrogen and oxygen atoms in total. The first-order valence-electron chi connectivity index (χ1n) is 11.4. The molecule has 0 radical (unpaired) electrons. The smallest absolute Gasteiger partial charge is 0.0425 e. The van der Waals surface area contributed by atoms with Crippen molar-refractivity contribution in [2.24, 2.45) is 22.5 Å². The van der Waals surface area contributed by atoms with Gasteiger partial charge in [0, 0.05) is 33.8 Å². The summed E-state index contributed by atoms with van der Waals surface area (Å²) in [5.41, 5.74) is 1.35. The van der Waals surface area contributed by atoms with Crippen LogP contribution < -0.4 is 0 Å². The predicted molar refractivity (Wildman–Crippen MR) is 134 cm³/mol. The maximum Gasteiger partial charge on any atom is 0.0425 e. The fourth-order valence-corrected chi connectivity index (χ4v) is 7.64. The molecule has 0 unspecified atom stereocenters. The van der Waals surface area contributed by atoms with Crippen LogP contribution in [0.4, 0.5) is 0 Å². The Morgan fingerprint density at radius 2 is 1.24 bits per heavy atom. The van der Waals surface area contributed by atoms with Crippen LogP contribution >= 0.6 is 7.05 Å². The summed E-state index contributed by atoms with van der Waals surface area (Å²) in [6, 6.07) is 0. The van der Waals surface area contributed by atoms with Crippen LogP contribution in [0.2, 0.25) is 0 Å². The van der Waals surface area contributed by atoms with E-state index in [2.05, 4.69) is 59.8 Å². The van der Waals surface area contributed by atoms with Gasteiger partial charge in [0.05, 0.1) is 0 Å². The average Bonchev–Trinajstić information content (AvgIpc) is 3.14. The van der Waals surface area contributed by atoms with E-state index in [9.17, 15) is 0 Å². The molecule has 0 aromatic carbocycles. The van der Waals surface area contributed by atoms with Gasteiger partial charge in [0.1, 0.15) is 0 Å². The Labute approximate surface area is 198 Å². The van der Waals surface area contributed by atoms with Gasteiger partial charge in [-0.25, -0.2) is 0 Å². The molecule has 0 N–H and O–H groups in total. The normalized spacial score (nSPS) is 14.0. The summed E-state index contributed by atoms with van der Waals surface area (Å²) in [5.74, 6) is 2.38. The standard InChI is InChI=1S/C20H38NP.C6H10.Ti/c1-17(2)11-14-22(15-12-18(3)4,16-13-19(5)6)21-20-9-7-8-10-20;1-3-5-6-4-2;/h7-9,17-19H,10-16H2,1-6H3;3-6H,1-2H3;. The Hall–Kier alpha value is -0.0957. The zero-order valence-electron chi connectivity index (χ0n) is 20.6. The summed E-state index contributed by atoms with van der Waals surface area (Å²) >= 11 is 0. The zero-order chi connectivity index (χ0) is 21.4. The van der Waals surface area contributed by atoms with E-state index in [0.29, 0.717) is 0 Å². The molecule has 0 amide bonds. The van der Waals surface area contributed by atoms with Gasteiger partial charge >= 0.3 is 0 Å². The quantitative estimate of drug-likeness (QED) is 0.168. The molecular weight excluding hydrogens is 405 g/mol. The summed E-state index contributed by atoms with van der Waals surface area (Å²) in [4.78, 5) is 0. The number of hydrogen-bond donors (Lipinski definition) is 0. The van der Waals surface area contributed by atoms with Crippen molar-refractivity contribution in [2.45, 2.75) is 81.1 Å². The van der Waals surface area contributed by atoms with Crippen LogP contribution in [0.1, 0.15) is 81.1 Å². The SMILES string of the molecule is CC(C)CCP(CCC(C)C)(CCC(C)C)=NC1=CC=CC1.CC=CC=CC.[Ti]. The summed E-state index contributed by atoms with van der Waals surface area (Å²) in [7, 11) is -1.19. The molecule has 0 aliphatic heterocycles. The fraction of sp³-hybridized carbons (Fsp3) is 0.692. The number of allylic oxidation sites excluding steroid dienone is 7. The molecule has 1 rings (SSSR count). The second-order valence-corrected chi connectivity index (χ2v) is 13.0. The number of hydrogen-bond acceptors (Lipinski definition) is 1. The second kappa shape index (κ2) is 18.7. The molecule has 1 aliphatic carbocycles. The first kappa shape index (κ1) is 31.1. The van der Waals surface area contributed by atoms with Crippen LogP contribution in [0.5, 0.6) is 0 Å². The van der Waals surface area contributed by atoms with Crippen LogP contribution in [-0.4, -0.2) is 18.5 Å². The van der Waals surface area contributed by atoms with Gasteiger partial charge in [0.25, 0.3) is 0 Å². The van der Waals surface area contributed by atoms with Gasteiger partial charge in [-0.05, 0) is 82.5 Å². The Morgan fingerprint density at radius 3 is 1.52 bits per heavy atom. The number of nitrogens with zero attached hydrogens (tertiary/aromatic N) is 1. The predicted octanol–water partition coefficient (Wildman–Crippen LogP) is 9.31. The van der Waals surface area contributed by atoms with E-state index in [4.69, 9.17) is 4.74 Å². The third-order valence-electron chi connectivity index (χ3n) is 4.96. The molecule has 0 aromatic heterocycles. The molecule has 166 valence electrons. The van der Waals surface area contributed by atoms with E-state index in [0.717, 1.165) is 24.2 Å². The second-order valence-electron chi connectivity index (χ2n) is 9.26. The Bertz CT molecular complexity index is 517. The molecule has 29 heavy (non-hydrogen) atoms. The Morgan fingerprint density at radius 1 is 0.828 bits per heavy atom. The van der Waals surface area contributed by atoms with E-state index in [1.54, 1.807) is 0 Å². The summed E-state index contributed by atoms with van der Waals surface area (Å²) < 4.78 is 5.43. The van der Waals surface area contributed by atoms with Crippen molar-refractivity contribution in [3.8, 4) is 0 Å². The van der Waals surface area contributed by atoms with Gasteiger partial charge in [0.2, 0.25) is 0 Å². The van der Waals surface area contributed by atoms with E-state index in [1.807, 2.05) is 38.2 Å². The monoisotopic (exact) mass is 453 g/mol. The molecule has 0 saturated heterocycles. The summed E-state index contributed by atoms with van der Waals surface area (Å²) in [6.45, 7) is 18.1. The largest absolute Gasteiger partial charge is 0.272 e. The molecule has 0 aromatic rings. The van der Waals surface area contributed by atoms with Crippen LogP contribution in [0.3, 0.4) is 0 Å². The summed E-state index contributed by atoms with van der Waals surface area (Å²) in [6.07, 6.45) is 23.9. The Balaban J connectivity index is 0. The molecule has 0 spiro atoms. The van der Waals surface area contributed by atoms with E-state index in [-0.39, 0.29) is 21.7 Å². The van der Waals surface area contributed by atoms with Gasteiger partial charge in [-0.2, -0.15) is 0 Å². The summed E-state index contributed by atoms with van der Waals surface area (Å²) in [5, 5.41) is 0. The molecule has 0 atom stereocenters.